The van der Waals surface area contributed by atoms with Gasteiger partial charge in [-0.2, -0.15) is 0 Å². The minimum atomic E-state index is 0.358. The lowest BCUT2D eigenvalue weighted by Crippen LogP contribution is -2.26. The highest BCUT2D eigenvalue weighted by Gasteiger charge is 2.21. The molecule has 2 nitrogen and oxygen atoms in total. The van der Waals surface area contributed by atoms with E-state index in [-0.39, 0.29) is 0 Å². The van der Waals surface area contributed by atoms with Gasteiger partial charge in [0.2, 0.25) is 0 Å². The van der Waals surface area contributed by atoms with Crippen LogP contribution in [0, 0.1) is 5.92 Å². The first kappa shape index (κ1) is 12.4. The predicted molar refractivity (Wildman–Crippen MR) is 71.2 cm³/mol. The number of phenolic OH excluding ortho intramolecular Hbond substituents is 1. The van der Waals surface area contributed by atoms with Gasteiger partial charge >= 0.3 is 0 Å². The summed E-state index contributed by atoms with van der Waals surface area (Å²) in [7, 11) is 0. The summed E-state index contributed by atoms with van der Waals surface area (Å²) in [5.41, 5.74) is 1.33. The summed E-state index contributed by atoms with van der Waals surface area (Å²) in [5.74, 6) is 1.09. The molecular formula is C15H23NO. The van der Waals surface area contributed by atoms with E-state index in [9.17, 15) is 5.11 Å². The largest absolute Gasteiger partial charge is 0.508 e. The highest BCUT2D eigenvalue weighted by molar-refractivity contribution is 5.26. The fraction of sp³-hybridized carbons (Fsp3) is 0.600. The third-order valence-corrected chi connectivity index (χ3v) is 3.43. The van der Waals surface area contributed by atoms with Crippen LogP contribution in [0.5, 0.6) is 5.75 Å². The van der Waals surface area contributed by atoms with Crippen LogP contribution in [0.15, 0.2) is 24.3 Å². The second-order valence-corrected chi connectivity index (χ2v) is 5.21. The Bertz CT molecular complexity index is 329. The summed E-state index contributed by atoms with van der Waals surface area (Å²) >= 11 is 0. The van der Waals surface area contributed by atoms with Gasteiger partial charge in [-0.1, -0.05) is 25.5 Å². The molecule has 0 saturated heterocycles. The topological polar surface area (TPSA) is 32.3 Å². The van der Waals surface area contributed by atoms with E-state index in [0.29, 0.717) is 5.75 Å². The van der Waals surface area contributed by atoms with E-state index in [4.69, 9.17) is 0 Å². The van der Waals surface area contributed by atoms with E-state index in [2.05, 4.69) is 12.2 Å². The van der Waals surface area contributed by atoms with E-state index in [1.54, 1.807) is 12.1 Å². The van der Waals surface area contributed by atoms with Crippen molar-refractivity contribution in [2.24, 2.45) is 5.92 Å². The number of nitrogens with one attached hydrogen (secondary N) is 1. The maximum absolute atomic E-state index is 9.27. The first-order valence-electron chi connectivity index (χ1n) is 6.79. The predicted octanol–water partition coefficient (Wildman–Crippen LogP) is 3.10. The molecule has 1 aromatic rings. The Morgan fingerprint density at radius 2 is 2.00 bits per heavy atom. The van der Waals surface area contributed by atoms with Gasteiger partial charge in [0.25, 0.3) is 0 Å². The number of rotatable bonds is 7. The van der Waals surface area contributed by atoms with Gasteiger partial charge in [0, 0.05) is 6.04 Å². The zero-order valence-corrected chi connectivity index (χ0v) is 10.7. The SMILES string of the molecule is CCCC(CNC1CC1)Cc1ccc(O)cc1. The summed E-state index contributed by atoms with van der Waals surface area (Å²) < 4.78 is 0. The van der Waals surface area contributed by atoms with E-state index in [1.165, 1.54) is 31.2 Å². The minimum Gasteiger partial charge on any atom is -0.508 e. The molecule has 1 unspecified atom stereocenters. The molecule has 1 fully saturated rings. The smallest absolute Gasteiger partial charge is 0.115 e. The zero-order chi connectivity index (χ0) is 12.1. The Kier molecular flexibility index (Phi) is 4.43. The maximum atomic E-state index is 9.27. The first-order valence-corrected chi connectivity index (χ1v) is 6.79. The second-order valence-electron chi connectivity index (χ2n) is 5.21. The van der Waals surface area contributed by atoms with E-state index < -0.39 is 0 Å². The van der Waals surface area contributed by atoms with Crippen LogP contribution in [-0.4, -0.2) is 17.7 Å². The van der Waals surface area contributed by atoms with Gasteiger partial charge < -0.3 is 10.4 Å². The fourth-order valence-corrected chi connectivity index (χ4v) is 2.27. The van der Waals surface area contributed by atoms with Crippen LogP contribution in [0.2, 0.25) is 0 Å². The number of hydrogen-bond acceptors (Lipinski definition) is 2. The van der Waals surface area contributed by atoms with Gasteiger partial charge in [-0.15, -0.1) is 0 Å². The van der Waals surface area contributed by atoms with Gasteiger partial charge in [-0.25, -0.2) is 0 Å². The third-order valence-electron chi connectivity index (χ3n) is 3.43. The molecule has 17 heavy (non-hydrogen) atoms. The standard InChI is InChI=1S/C15H23NO/c1-2-3-13(11-16-14-6-7-14)10-12-4-8-15(17)9-5-12/h4-5,8-9,13-14,16-17H,2-3,6-7,10-11H2,1H3. The number of aromatic hydroxyl groups is 1. The third kappa shape index (κ3) is 4.39. The quantitative estimate of drug-likeness (QED) is 0.758. The first-order chi connectivity index (χ1) is 8.28. The minimum absolute atomic E-state index is 0.358. The molecule has 1 aliphatic rings. The van der Waals surface area contributed by atoms with Crippen molar-refractivity contribution in [1.82, 2.24) is 5.32 Å². The highest BCUT2D eigenvalue weighted by atomic mass is 16.3. The summed E-state index contributed by atoms with van der Waals surface area (Å²) in [6, 6.07) is 8.44. The number of phenols is 1. The van der Waals surface area contributed by atoms with Crippen molar-refractivity contribution in [3.05, 3.63) is 29.8 Å². The monoisotopic (exact) mass is 233 g/mol. The Morgan fingerprint density at radius 3 is 2.59 bits per heavy atom. The molecule has 1 saturated carbocycles. The average molecular weight is 233 g/mol. The normalized spacial score (nSPS) is 17.0. The molecule has 1 atom stereocenters. The summed E-state index contributed by atoms with van der Waals surface area (Å²) in [4.78, 5) is 0. The summed E-state index contributed by atoms with van der Waals surface area (Å²) in [6.45, 7) is 3.39. The van der Waals surface area contributed by atoms with Crippen LogP contribution in [0.3, 0.4) is 0 Å². The van der Waals surface area contributed by atoms with E-state index >= 15 is 0 Å². The molecule has 2 heteroatoms. The summed E-state index contributed by atoms with van der Waals surface area (Å²) in [6.07, 6.45) is 6.36. The molecule has 2 N–H and O–H groups in total. The second kappa shape index (κ2) is 6.06. The van der Waals surface area contributed by atoms with Crippen molar-refractivity contribution in [3.63, 3.8) is 0 Å². The van der Waals surface area contributed by atoms with Gasteiger partial charge in [-0.05, 0) is 55.8 Å². The van der Waals surface area contributed by atoms with Crippen molar-refractivity contribution in [2.75, 3.05) is 6.54 Å². The molecule has 0 heterocycles. The fourth-order valence-electron chi connectivity index (χ4n) is 2.27. The van der Waals surface area contributed by atoms with Gasteiger partial charge in [0.1, 0.15) is 5.75 Å². The van der Waals surface area contributed by atoms with Crippen molar-refractivity contribution >= 4 is 0 Å². The summed E-state index contributed by atoms with van der Waals surface area (Å²) in [5, 5.41) is 12.9. The average Bonchev–Trinajstić information content (AvgIpc) is 3.13. The molecule has 0 radical (unpaired) electrons. The van der Waals surface area contributed by atoms with Crippen LogP contribution in [-0.2, 0) is 6.42 Å². The van der Waals surface area contributed by atoms with Crippen LogP contribution < -0.4 is 5.32 Å². The number of hydrogen-bond donors (Lipinski definition) is 2. The lowest BCUT2D eigenvalue weighted by molar-refractivity contribution is 0.436. The molecule has 1 aliphatic carbocycles. The van der Waals surface area contributed by atoms with Crippen LogP contribution >= 0.6 is 0 Å². The molecule has 0 amide bonds. The molecule has 0 spiro atoms. The molecule has 2 rings (SSSR count). The highest BCUT2D eigenvalue weighted by Crippen LogP contribution is 2.21. The Balaban J connectivity index is 1.84. The Hall–Kier alpha value is -1.02. The lowest BCUT2D eigenvalue weighted by atomic mass is 9.95. The van der Waals surface area contributed by atoms with Crippen LogP contribution in [0.25, 0.3) is 0 Å². The van der Waals surface area contributed by atoms with Gasteiger partial charge in [-0.3, -0.25) is 0 Å². The molecule has 0 aromatic heterocycles. The number of benzene rings is 1. The van der Waals surface area contributed by atoms with Crippen LogP contribution in [0.1, 0.15) is 38.2 Å². The molecular weight excluding hydrogens is 210 g/mol. The van der Waals surface area contributed by atoms with Gasteiger partial charge in [0.15, 0.2) is 0 Å². The van der Waals surface area contributed by atoms with Crippen molar-refractivity contribution in [2.45, 2.75) is 45.1 Å². The van der Waals surface area contributed by atoms with Crippen molar-refractivity contribution in [3.8, 4) is 5.75 Å². The van der Waals surface area contributed by atoms with Crippen molar-refractivity contribution < 1.29 is 5.11 Å². The van der Waals surface area contributed by atoms with Crippen LogP contribution in [0.4, 0.5) is 0 Å². The maximum Gasteiger partial charge on any atom is 0.115 e. The van der Waals surface area contributed by atoms with E-state index in [1.807, 2.05) is 12.1 Å². The molecule has 94 valence electrons. The zero-order valence-electron chi connectivity index (χ0n) is 10.7. The van der Waals surface area contributed by atoms with Crippen molar-refractivity contribution in [1.29, 1.82) is 0 Å². The lowest BCUT2D eigenvalue weighted by Gasteiger charge is -2.17. The molecule has 0 bridgehead atoms. The Morgan fingerprint density at radius 1 is 1.29 bits per heavy atom. The molecule has 1 aromatic carbocycles. The Labute approximate surface area is 104 Å². The van der Waals surface area contributed by atoms with Gasteiger partial charge in [0.05, 0.1) is 0 Å². The van der Waals surface area contributed by atoms with E-state index in [0.717, 1.165) is 24.9 Å². The molecule has 0 aliphatic heterocycles.